The molecule has 0 saturated carbocycles. The Morgan fingerprint density at radius 2 is 1.83 bits per heavy atom. The van der Waals surface area contributed by atoms with E-state index in [2.05, 4.69) is 5.16 Å². The Hall–Kier alpha value is -3.03. The highest BCUT2D eigenvalue weighted by Gasteiger charge is 2.29. The zero-order chi connectivity index (χ0) is 21.6. The molecule has 0 aromatic heterocycles. The number of carboxylic acids is 1. The Bertz CT molecular complexity index is 876. The monoisotopic (exact) mass is 409 g/mol. The molecule has 2 aromatic rings. The smallest absolute Gasteiger partial charge is 0.416 e. The first-order valence-electron chi connectivity index (χ1n) is 8.95. The minimum absolute atomic E-state index is 0.0342. The van der Waals surface area contributed by atoms with Gasteiger partial charge in [-0.2, -0.15) is 13.2 Å². The van der Waals surface area contributed by atoms with Gasteiger partial charge in [0.2, 0.25) is 0 Å². The van der Waals surface area contributed by atoms with Crippen molar-refractivity contribution >= 4 is 11.7 Å². The average molecular weight is 409 g/mol. The van der Waals surface area contributed by atoms with Crippen LogP contribution in [0.4, 0.5) is 13.2 Å². The molecule has 0 aliphatic rings. The van der Waals surface area contributed by atoms with Crippen molar-refractivity contribution in [2.75, 3.05) is 0 Å². The zero-order valence-electron chi connectivity index (χ0n) is 16.3. The highest BCUT2D eigenvalue weighted by molar-refractivity contribution is 5.98. The number of halogens is 3. The number of carbonyl (C=O) groups is 1. The van der Waals surface area contributed by atoms with Crippen LogP contribution < -0.4 is 4.74 Å². The van der Waals surface area contributed by atoms with E-state index in [9.17, 15) is 18.0 Å². The maximum atomic E-state index is 12.6. The number of oxime groups is 1. The number of rotatable bonds is 8. The molecule has 8 heteroatoms. The maximum absolute atomic E-state index is 12.6. The van der Waals surface area contributed by atoms with Crippen molar-refractivity contribution in [3.8, 4) is 5.75 Å². The topological polar surface area (TPSA) is 68.1 Å². The molecule has 0 bridgehead atoms. The van der Waals surface area contributed by atoms with Crippen LogP contribution in [0.2, 0.25) is 0 Å². The van der Waals surface area contributed by atoms with Gasteiger partial charge in [0.25, 0.3) is 0 Å². The molecule has 2 rings (SSSR count). The lowest BCUT2D eigenvalue weighted by atomic mass is 10.1. The number of aryl methyl sites for hydroxylation is 1. The third kappa shape index (κ3) is 6.23. The van der Waals surface area contributed by atoms with Gasteiger partial charge < -0.3 is 14.7 Å². The average Bonchev–Trinajstić information content (AvgIpc) is 2.66. The van der Waals surface area contributed by atoms with E-state index in [0.717, 1.165) is 23.3 Å². The quantitative estimate of drug-likeness (QED) is 0.481. The molecule has 0 spiro atoms. The Morgan fingerprint density at radius 1 is 1.17 bits per heavy atom. The molecular weight excluding hydrogens is 387 g/mol. The summed E-state index contributed by atoms with van der Waals surface area (Å²) in [4.78, 5) is 16.4. The van der Waals surface area contributed by atoms with Crippen LogP contribution in [0, 0.1) is 6.92 Å². The lowest BCUT2D eigenvalue weighted by Gasteiger charge is -2.15. The third-order valence-corrected chi connectivity index (χ3v) is 4.22. The molecule has 0 aliphatic carbocycles. The van der Waals surface area contributed by atoms with Gasteiger partial charge in [0.15, 0.2) is 6.10 Å². The van der Waals surface area contributed by atoms with E-state index in [4.69, 9.17) is 14.7 Å². The number of benzene rings is 2. The van der Waals surface area contributed by atoms with Crippen molar-refractivity contribution in [3.05, 3.63) is 64.7 Å². The van der Waals surface area contributed by atoms with Gasteiger partial charge in [0.05, 0.1) is 11.3 Å². The Kier molecular flexibility index (Phi) is 7.25. The molecule has 1 atom stereocenters. The van der Waals surface area contributed by atoms with E-state index >= 15 is 0 Å². The van der Waals surface area contributed by atoms with Crippen LogP contribution in [-0.2, 0) is 22.4 Å². The van der Waals surface area contributed by atoms with Crippen molar-refractivity contribution in [2.24, 2.45) is 5.16 Å². The Labute approximate surface area is 166 Å². The van der Waals surface area contributed by atoms with Gasteiger partial charge in [-0.3, -0.25) is 0 Å². The summed E-state index contributed by atoms with van der Waals surface area (Å²) in [6.07, 6.45) is -4.94. The molecule has 1 unspecified atom stereocenters. The Morgan fingerprint density at radius 3 is 2.34 bits per heavy atom. The summed E-state index contributed by atoms with van der Waals surface area (Å²) in [5, 5.41) is 13.1. The van der Waals surface area contributed by atoms with Crippen LogP contribution in [-0.4, -0.2) is 22.9 Å². The van der Waals surface area contributed by atoms with E-state index in [1.165, 1.54) is 12.1 Å². The summed E-state index contributed by atoms with van der Waals surface area (Å²) in [6, 6.07) is 9.88. The molecule has 5 nitrogen and oxygen atoms in total. The number of hydrogen-bond donors (Lipinski definition) is 1. The fourth-order valence-corrected chi connectivity index (χ4v) is 2.51. The van der Waals surface area contributed by atoms with E-state index in [0.29, 0.717) is 23.4 Å². The molecule has 2 aromatic carbocycles. The lowest BCUT2D eigenvalue weighted by Crippen LogP contribution is -2.26. The number of hydrogen-bond acceptors (Lipinski definition) is 4. The number of nitrogens with zero attached hydrogens (tertiary/aromatic N) is 1. The molecule has 29 heavy (non-hydrogen) atoms. The summed E-state index contributed by atoms with van der Waals surface area (Å²) in [5.74, 6) is -0.549. The lowest BCUT2D eigenvalue weighted by molar-refractivity contribution is -0.145. The maximum Gasteiger partial charge on any atom is 0.416 e. The van der Waals surface area contributed by atoms with Crippen LogP contribution >= 0.6 is 0 Å². The van der Waals surface area contributed by atoms with E-state index in [1.807, 2.05) is 0 Å². The summed E-state index contributed by atoms with van der Waals surface area (Å²) in [7, 11) is 0. The molecular formula is C21H22F3NO4. The van der Waals surface area contributed by atoms with E-state index in [1.54, 1.807) is 39.0 Å². The van der Waals surface area contributed by atoms with Crippen molar-refractivity contribution in [3.63, 3.8) is 0 Å². The minimum atomic E-state index is -4.37. The van der Waals surface area contributed by atoms with Crippen LogP contribution in [0.3, 0.4) is 0 Å². The summed E-state index contributed by atoms with van der Waals surface area (Å²) in [5.41, 5.74) is 1.92. The number of ether oxygens (including phenoxy) is 1. The SMILES string of the molecule is CCC(Oc1ccc(/C(C)=N/OCc2ccc(C(F)(F)F)cc2)cc1C)C(=O)O. The van der Waals surface area contributed by atoms with Gasteiger partial charge in [0, 0.05) is 0 Å². The van der Waals surface area contributed by atoms with E-state index in [-0.39, 0.29) is 6.61 Å². The summed E-state index contributed by atoms with van der Waals surface area (Å²) in [6.45, 7) is 5.29. The van der Waals surface area contributed by atoms with Crippen LogP contribution in [0.5, 0.6) is 5.75 Å². The predicted octanol–water partition coefficient (Wildman–Crippen LogP) is 5.20. The number of aliphatic carboxylic acids is 1. The van der Waals surface area contributed by atoms with Gasteiger partial charge in [-0.05, 0) is 67.3 Å². The van der Waals surface area contributed by atoms with E-state index < -0.39 is 23.8 Å². The Balaban J connectivity index is 2.00. The van der Waals surface area contributed by atoms with Gasteiger partial charge >= 0.3 is 12.1 Å². The highest BCUT2D eigenvalue weighted by atomic mass is 19.4. The van der Waals surface area contributed by atoms with Gasteiger partial charge in [-0.1, -0.05) is 24.2 Å². The fraction of sp³-hybridized carbons (Fsp3) is 0.333. The fourth-order valence-electron chi connectivity index (χ4n) is 2.51. The first-order valence-corrected chi connectivity index (χ1v) is 8.95. The first kappa shape index (κ1) is 22.3. The highest BCUT2D eigenvalue weighted by Crippen LogP contribution is 2.29. The molecule has 0 saturated heterocycles. The largest absolute Gasteiger partial charge is 0.479 e. The molecule has 0 amide bonds. The van der Waals surface area contributed by atoms with Crippen molar-refractivity contribution < 1.29 is 32.6 Å². The predicted molar refractivity (Wildman–Crippen MR) is 102 cm³/mol. The van der Waals surface area contributed by atoms with Crippen molar-refractivity contribution in [1.29, 1.82) is 0 Å². The van der Waals surface area contributed by atoms with Crippen molar-refractivity contribution in [1.82, 2.24) is 0 Å². The standard InChI is InChI=1S/C21H22F3NO4/c1-4-18(20(26)27)29-19-10-7-16(11-13(19)2)14(3)25-28-12-15-5-8-17(9-6-15)21(22,23)24/h5-11,18H,4,12H2,1-3H3,(H,26,27)/b25-14+. The van der Waals surface area contributed by atoms with Gasteiger partial charge in [-0.15, -0.1) is 0 Å². The number of carboxylic acid groups (broad SMARTS) is 1. The van der Waals surface area contributed by atoms with Crippen molar-refractivity contribution in [2.45, 2.75) is 46.1 Å². The first-order chi connectivity index (χ1) is 13.6. The van der Waals surface area contributed by atoms with Crippen LogP contribution in [0.15, 0.2) is 47.6 Å². The van der Waals surface area contributed by atoms with Gasteiger partial charge in [-0.25, -0.2) is 4.79 Å². The third-order valence-electron chi connectivity index (χ3n) is 4.22. The molecule has 0 heterocycles. The summed E-state index contributed by atoms with van der Waals surface area (Å²) >= 11 is 0. The number of alkyl halides is 3. The normalized spacial score (nSPS) is 13.1. The van der Waals surface area contributed by atoms with Gasteiger partial charge in [0.1, 0.15) is 12.4 Å². The zero-order valence-corrected chi connectivity index (χ0v) is 16.3. The molecule has 0 radical (unpaired) electrons. The second-order valence-corrected chi connectivity index (χ2v) is 6.48. The second kappa shape index (κ2) is 9.45. The molecule has 156 valence electrons. The molecule has 0 fully saturated rings. The van der Waals surface area contributed by atoms with Crippen LogP contribution in [0.25, 0.3) is 0 Å². The molecule has 0 aliphatic heterocycles. The van der Waals surface area contributed by atoms with Crippen LogP contribution in [0.1, 0.15) is 42.5 Å². The minimum Gasteiger partial charge on any atom is -0.479 e. The second-order valence-electron chi connectivity index (χ2n) is 6.48. The molecule has 1 N–H and O–H groups in total. The summed E-state index contributed by atoms with van der Waals surface area (Å²) < 4.78 is 43.2.